The van der Waals surface area contributed by atoms with Crippen LogP contribution in [0.4, 0.5) is 10.8 Å². The van der Waals surface area contributed by atoms with E-state index >= 15 is 0 Å². The Bertz CT molecular complexity index is 380. The van der Waals surface area contributed by atoms with Crippen molar-refractivity contribution in [3.05, 3.63) is 0 Å². The van der Waals surface area contributed by atoms with E-state index < -0.39 is 0 Å². The molecule has 1 fully saturated rings. The highest BCUT2D eigenvalue weighted by atomic mass is 32.1. The lowest BCUT2D eigenvalue weighted by molar-refractivity contribution is 0.0378. The number of nitrogen functional groups attached to an aromatic ring is 1. The molecule has 1 aromatic heterocycles. The highest BCUT2D eigenvalue weighted by molar-refractivity contribution is 7.11. The van der Waals surface area contributed by atoms with Crippen molar-refractivity contribution in [2.24, 2.45) is 0 Å². The molecule has 19 heavy (non-hydrogen) atoms. The van der Waals surface area contributed by atoms with E-state index in [-0.39, 0.29) is 0 Å². The number of rotatable bonds is 7. The number of hydrogen-bond donors (Lipinski definition) is 2. The molecule has 2 heterocycles. The molecular formula is C12H22N4O2S. The van der Waals surface area contributed by atoms with Crippen LogP contribution in [0.3, 0.4) is 0 Å². The molecule has 2 rings (SSSR count). The molecule has 1 aromatic rings. The van der Waals surface area contributed by atoms with Gasteiger partial charge in [0.05, 0.1) is 19.8 Å². The summed E-state index contributed by atoms with van der Waals surface area (Å²) >= 11 is 1.36. The van der Waals surface area contributed by atoms with E-state index in [1.165, 1.54) is 11.5 Å². The smallest absolute Gasteiger partial charge is 0.197 e. The molecule has 0 spiro atoms. The number of aromatic nitrogens is 1. The van der Waals surface area contributed by atoms with E-state index in [1.54, 1.807) is 0 Å². The molecule has 0 aromatic carbocycles. The van der Waals surface area contributed by atoms with Gasteiger partial charge in [0, 0.05) is 19.6 Å². The van der Waals surface area contributed by atoms with Crippen molar-refractivity contribution >= 4 is 22.4 Å². The number of hydrogen-bond acceptors (Lipinski definition) is 7. The van der Waals surface area contributed by atoms with Crippen molar-refractivity contribution < 1.29 is 9.47 Å². The molecule has 0 aliphatic carbocycles. The van der Waals surface area contributed by atoms with Crippen LogP contribution in [0.2, 0.25) is 0 Å². The van der Waals surface area contributed by atoms with Crippen LogP contribution in [-0.4, -0.2) is 55.3 Å². The first kappa shape index (κ1) is 14.4. The van der Waals surface area contributed by atoms with E-state index in [0.29, 0.717) is 18.2 Å². The van der Waals surface area contributed by atoms with Crippen molar-refractivity contribution in [2.45, 2.75) is 13.3 Å². The molecule has 1 aliphatic rings. The fourth-order valence-corrected chi connectivity index (χ4v) is 2.71. The molecule has 0 bridgehead atoms. The van der Waals surface area contributed by atoms with E-state index in [2.05, 4.69) is 14.6 Å². The fraction of sp³-hybridized carbons (Fsp3) is 0.750. The van der Waals surface area contributed by atoms with Crippen LogP contribution >= 0.6 is 11.5 Å². The van der Waals surface area contributed by atoms with Gasteiger partial charge in [-0.1, -0.05) is 0 Å². The SMILES string of the molecule is CCOc1c(N)nsc1NCCCN1CCOCC1. The molecule has 0 unspecified atom stereocenters. The topological polar surface area (TPSA) is 72.6 Å². The second-order valence-corrected chi connectivity index (χ2v) is 5.17. The predicted molar refractivity (Wildman–Crippen MR) is 78.1 cm³/mol. The summed E-state index contributed by atoms with van der Waals surface area (Å²) in [6.07, 6.45) is 1.09. The van der Waals surface area contributed by atoms with Gasteiger partial charge in [-0.3, -0.25) is 4.90 Å². The third kappa shape index (κ3) is 4.22. The summed E-state index contributed by atoms with van der Waals surface area (Å²) in [6.45, 7) is 8.33. The lowest BCUT2D eigenvalue weighted by atomic mass is 10.3. The molecule has 6 nitrogen and oxygen atoms in total. The Kier molecular flexibility index (Phi) is 5.68. The molecule has 7 heteroatoms. The summed E-state index contributed by atoms with van der Waals surface area (Å²) in [5.41, 5.74) is 5.76. The van der Waals surface area contributed by atoms with Crippen molar-refractivity contribution in [3.63, 3.8) is 0 Å². The van der Waals surface area contributed by atoms with Crippen LogP contribution in [-0.2, 0) is 4.74 Å². The standard InChI is InChI=1S/C12H22N4O2S/c1-2-18-10-11(13)15-19-12(10)14-4-3-5-16-6-8-17-9-7-16/h14H,2-9H2,1H3,(H2,13,15). The van der Waals surface area contributed by atoms with Gasteiger partial charge < -0.3 is 20.5 Å². The van der Waals surface area contributed by atoms with E-state index in [4.69, 9.17) is 15.2 Å². The molecular weight excluding hydrogens is 264 g/mol. The van der Waals surface area contributed by atoms with Crippen molar-refractivity contribution in [1.29, 1.82) is 0 Å². The van der Waals surface area contributed by atoms with Gasteiger partial charge in [-0.2, -0.15) is 4.37 Å². The zero-order valence-corrected chi connectivity index (χ0v) is 12.2. The Morgan fingerprint density at radius 1 is 1.47 bits per heavy atom. The molecule has 0 atom stereocenters. The number of nitrogens with two attached hydrogens (primary N) is 1. The Balaban J connectivity index is 1.70. The Hall–Kier alpha value is -1.05. The van der Waals surface area contributed by atoms with Gasteiger partial charge in [0.15, 0.2) is 16.6 Å². The van der Waals surface area contributed by atoms with Crippen molar-refractivity contribution in [3.8, 4) is 5.75 Å². The second-order valence-electron chi connectivity index (χ2n) is 4.39. The number of nitrogens with zero attached hydrogens (tertiary/aromatic N) is 2. The van der Waals surface area contributed by atoms with E-state index in [9.17, 15) is 0 Å². The van der Waals surface area contributed by atoms with Crippen LogP contribution in [0, 0.1) is 0 Å². The minimum Gasteiger partial charge on any atom is -0.487 e. The maximum atomic E-state index is 5.76. The molecule has 0 amide bonds. The molecule has 1 saturated heterocycles. The van der Waals surface area contributed by atoms with E-state index in [0.717, 1.165) is 50.8 Å². The third-order valence-electron chi connectivity index (χ3n) is 3.00. The lowest BCUT2D eigenvalue weighted by Crippen LogP contribution is -2.37. The molecule has 0 saturated carbocycles. The highest BCUT2D eigenvalue weighted by Gasteiger charge is 2.13. The highest BCUT2D eigenvalue weighted by Crippen LogP contribution is 2.34. The minimum atomic E-state index is 0.475. The average molecular weight is 286 g/mol. The molecule has 3 N–H and O–H groups in total. The van der Waals surface area contributed by atoms with Crippen LogP contribution < -0.4 is 15.8 Å². The molecule has 0 radical (unpaired) electrons. The van der Waals surface area contributed by atoms with Gasteiger partial charge in [0.2, 0.25) is 0 Å². The zero-order chi connectivity index (χ0) is 13.5. The number of morpholine rings is 1. The molecule has 1 aliphatic heterocycles. The number of anilines is 2. The zero-order valence-electron chi connectivity index (χ0n) is 11.4. The number of nitrogens with one attached hydrogen (secondary N) is 1. The summed E-state index contributed by atoms with van der Waals surface area (Å²) in [6, 6.07) is 0. The third-order valence-corrected chi connectivity index (χ3v) is 3.80. The fourth-order valence-electron chi connectivity index (χ4n) is 2.02. The predicted octanol–water partition coefficient (Wildman–Crippen LogP) is 1.26. The summed E-state index contributed by atoms with van der Waals surface area (Å²) < 4.78 is 14.9. The first-order valence-corrected chi connectivity index (χ1v) is 7.50. The first-order valence-electron chi connectivity index (χ1n) is 6.73. The van der Waals surface area contributed by atoms with E-state index in [1.807, 2.05) is 6.92 Å². The normalized spacial score (nSPS) is 16.5. The number of ether oxygens (including phenoxy) is 2. The van der Waals surface area contributed by atoms with Crippen molar-refractivity contribution in [2.75, 3.05) is 57.1 Å². The van der Waals surface area contributed by atoms with Gasteiger partial charge in [0.1, 0.15) is 0 Å². The summed E-state index contributed by atoms with van der Waals surface area (Å²) in [4.78, 5) is 2.43. The second kappa shape index (κ2) is 7.52. The van der Waals surface area contributed by atoms with Crippen LogP contribution in [0.1, 0.15) is 13.3 Å². The Morgan fingerprint density at radius 2 is 2.26 bits per heavy atom. The van der Waals surface area contributed by atoms with Crippen LogP contribution in [0.25, 0.3) is 0 Å². The quantitative estimate of drug-likeness (QED) is 0.735. The van der Waals surface area contributed by atoms with Gasteiger partial charge in [-0.25, -0.2) is 0 Å². The van der Waals surface area contributed by atoms with Gasteiger partial charge >= 0.3 is 0 Å². The minimum absolute atomic E-state index is 0.475. The van der Waals surface area contributed by atoms with Gasteiger partial charge in [-0.15, -0.1) is 0 Å². The first-order chi connectivity index (χ1) is 9.31. The maximum Gasteiger partial charge on any atom is 0.197 e. The maximum absolute atomic E-state index is 5.76. The van der Waals surface area contributed by atoms with Gasteiger partial charge in [-0.05, 0) is 31.4 Å². The van der Waals surface area contributed by atoms with Crippen LogP contribution in [0.15, 0.2) is 0 Å². The van der Waals surface area contributed by atoms with Crippen LogP contribution in [0.5, 0.6) is 5.75 Å². The summed E-state index contributed by atoms with van der Waals surface area (Å²) in [5, 5.41) is 4.28. The van der Waals surface area contributed by atoms with Gasteiger partial charge in [0.25, 0.3) is 0 Å². The van der Waals surface area contributed by atoms with Crippen molar-refractivity contribution in [1.82, 2.24) is 9.27 Å². The molecule has 108 valence electrons. The average Bonchev–Trinajstić information content (AvgIpc) is 2.78. The summed E-state index contributed by atoms with van der Waals surface area (Å²) in [5.74, 6) is 1.17. The largest absolute Gasteiger partial charge is 0.487 e. The Morgan fingerprint density at radius 3 is 3.00 bits per heavy atom. The monoisotopic (exact) mass is 286 g/mol. The lowest BCUT2D eigenvalue weighted by Gasteiger charge is -2.26. The summed E-state index contributed by atoms with van der Waals surface area (Å²) in [7, 11) is 0. The Labute approximate surface area is 118 Å².